The number of halogens is 1. The van der Waals surface area contributed by atoms with Crippen molar-refractivity contribution in [2.45, 2.75) is 51.1 Å². The topological polar surface area (TPSA) is 53.8 Å². The average molecular weight is 489 g/mol. The molecule has 2 heterocycles. The molecule has 1 aliphatic carbocycles. The predicted molar refractivity (Wildman–Crippen MR) is 122 cm³/mol. The van der Waals surface area contributed by atoms with E-state index in [2.05, 4.69) is 45.5 Å². The van der Waals surface area contributed by atoms with E-state index in [1.165, 1.54) is 37.7 Å². The third kappa shape index (κ3) is 6.35. The van der Waals surface area contributed by atoms with Crippen LogP contribution in [0.3, 0.4) is 0 Å². The fraction of sp³-hybridized carbons (Fsp3) is 0.750. The fourth-order valence-corrected chi connectivity index (χ4v) is 4.27. The van der Waals surface area contributed by atoms with Crippen LogP contribution in [0.4, 0.5) is 0 Å². The Morgan fingerprint density at radius 2 is 1.93 bits per heavy atom. The Balaban J connectivity index is 0.00000261. The highest BCUT2D eigenvalue weighted by atomic mass is 127. The molecule has 0 unspecified atom stereocenters. The molecule has 1 aromatic heterocycles. The average Bonchev–Trinajstić information content (AvgIpc) is 3.11. The minimum Gasteiger partial charge on any atom is -0.379 e. The highest BCUT2D eigenvalue weighted by Gasteiger charge is 2.38. The van der Waals surface area contributed by atoms with Crippen molar-refractivity contribution in [1.82, 2.24) is 20.1 Å². The number of nitrogens with one attached hydrogen (secondary N) is 2. The molecule has 2 fully saturated rings. The Morgan fingerprint density at radius 3 is 2.56 bits per heavy atom. The first-order chi connectivity index (χ1) is 12.7. The SMILES string of the molecule is CCNC(=NCc1ccn(C)c1)NCC1(N2CCOCC2)CCCCC1.I. The van der Waals surface area contributed by atoms with Crippen molar-refractivity contribution in [2.24, 2.45) is 12.0 Å². The summed E-state index contributed by atoms with van der Waals surface area (Å²) in [5, 5.41) is 7.06. The highest BCUT2D eigenvalue weighted by molar-refractivity contribution is 14.0. The van der Waals surface area contributed by atoms with Crippen molar-refractivity contribution >= 4 is 29.9 Å². The molecule has 2 aliphatic rings. The van der Waals surface area contributed by atoms with Crippen molar-refractivity contribution in [3.05, 3.63) is 24.0 Å². The first-order valence-electron chi connectivity index (χ1n) is 10.2. The molecule has 0 amide bonds. The maximum Gasteiger partial charge on any atom is 0.191 e. The van der Waals surface area contributed by atoms with Gasteiger partial charge in [-0.15, -0.1) is 24.0 Å². The van der Waals surface area contributed by atoms with E-state index in [1.807, 2.05) is 7.05 Å². The monoisotopic (exact) mass is 489 g/mol. The standard InChI is InChI=1S/C20H35N5O.HI/c1-3-21-19(22-15-18-7-10-24(2)16-18)23-17-20(8-5-4-6-9-20)25-11-13-26-14-12-25;/h7,10,16H,3-6,8-9,11-15,17H2,1-2H3,(H2,21,22,23);1H. The van der Waals surface area contributed by atoms with Gasteiger partial charge in [-0.3, -0.25) is 4.90 Å². The number of aliphatic imine (C=N–C) groups is 1. The van der Waals surface area contributed by atoms with Gasteiger partial charge in [-0.2, -0.15) is 0 Å². The zero-order valence-corrected chi connectivity index (χ0v) is 19.2. The quantitative estimate of drug-likeness (QED) is 0.367. The van der Waals surface area contributed by atoms with Gasteiger partial charge in [0, 0.05) is 51.2 Å². The number of hydrogen-bond acceptors (Lipinski definition) is 3. The molecule has 6 nitrogen and oxygen atoms in total. The number of rotatable bonds is 6. The van der Waals surface area contributed by atoms with Crippen LogP contribution in [-0.2, 0) is 18.3 Å². The Labute approximate surface area is 181 Å². The zero-order chi connectivity index (χ0) is 18.2. The van der Waals surface area contributed by atoms with Crippen LogP contribution < -0.4 is 10.6 Å². The summed E-state index contributed by atoms with van der Waals surface area (Å²) in [5.74, 6) is 0.926. The number of ether oxygens (including phenoxy) is 1. The molecule has 1 saturated carbocycles. The van der Waals surface area contributed by atoms with Crippen LogP contribution in [0.15, 0.2) is 23.5 Å². The molecule has 3 rings (SSSR count). The van der Waals surface area contributed by atoms with Gasteiger partial charge in [0.2, 0.25) is 0 Å². The van der Waals surface area contributed by atoms with Gasteiger partial charge in [0.15, 0.2) is 5.96 Å². The van der Waals surface area contributed by atoms with E-state index in [-0.39, 0.29) is 29.5 Å². The van der Waals surface area contributed by atoms with Crippen molar-refractivity contribution < 1.29 is 4.74 Å². The van der Waals surface area contributed by atoms with Crippen molar-refractivity contribution in [3.63, 3.8) is 0 Å². The molecule has 0 atom stereocenters. The summed E-state index contributed by atoms with van der Waals surface area (Å²) in [7, 11) is 2.05. The number of aryl methyl sites for hydroxylation is 1. The first-order valence-corrected chi connectivity index (χ1v) is 10.2. The van der Waals surface area contributed by atoms with Crippen LogP contribution in [0, 0.1) is 0 Å². The van der Waals surface area contributed by atoms with Crippen LogP contribution in [0.2, 0.25) is 0 Å². The largest absolute Gasteiger partial charge is 0.379 e. The van der Waals surface area contributed by atoms with Gasteiger partial charge in [-0.25, -0.2) is 4.99 Å². The summed E-state index contributed by atoms with van der Waals surface area (Å²) < 4.78 is 7.66. The third-order valence-electron chi connectivity index (χ3n) is 5.71. The molecule has 1 saturated heterocycles. The van der Waals surface area contributed by atoms with E-state index in [0.29, 0.717) is 6.54 Å². The van der Waals surface area contributed by atoms with E-state index in [0.717, 1.165) is 45.4 Å². The molecule has 154 valence electrons. The smallest absolute Gasteiger partial charge is 0.191 e. The second-order valence-electron chi connectivity index (χ2n) is 7.62. The van der Waals surface area contributed by atoms with Crippen molar-refractivity contribution in [3.8, 4) is 0 Å². The van der Waals surface area contributed by atoms with E-state index in [4.69, 9.17) is 9.73 Å². The molecule has 0 aromatic carbocycles. The number of nitrogens with zero attached hydrogens (tertiary/aromatic N) is 3. The Morgan fingerprint density at radius 1 is 1.19 bits per heavy atom. The van der Waals surface area contributed by atoms with Crippen LogP contribution in [0.25, 0.3) is 0 Å². The normalized spacial score (nSPS) is 20.7. The van der Waals surface area contributed by atoms with Crippen LogP contribution in [0.1, 0.15) is 44.6 Å². The lowest BCUT2D eigenvalue weighted by Crippen LogP contribution is -2.60. The van der Waals surface area contributed by atoms with E-state index in [1.54, 1.807) is 0 Å². The van der Waals surface area contributed by atoms with Gasteiger partial charge in [-0.05, 0) is 31.4 Å². The second kappa shape index (κ2) is 11.3. The number of hydrogen-bond donors (Lipinski definition) is 2. The summed E-state index contributed by atoms with van der Waals surface area (Å²) in [6.45, 7) is 8.52. The number of aromatic nitrogens is 1. The number of guanidine groups is 1. The van der Waals surface area contributed by atoms with Crippen LogP contribution in [-0.4, -0.2) is 60.4 Å². The molecular formula is C20H36IN5O. The molecular weight excluding hydrogens is 453 g/mol. The summed E-state index contributed by atoms with van der Waals surface area (Å²) >= 11 is 0. The van der Waals surface area contributed by atoms with E-state index < -0.39 is 0 Å². The van der Waals surface area contributed by atoms with E-state index >= 15 is 0 Å². The predicted octanol–water partition coefficient (Wildman–Crippen LogP) is 2.73. The lowest BCUT2D eigenvalue weighted by atomic mass is 9.80. The molecule has 0 bridgehead atoms. The Hall–Kier alpha value is -0.800. The lowest BCUT2D eigenvalue weighted by molar-refractivity contribution is -0.0352. The van der Waals surface area contributed by atoms with Gasteiger partial charge in [0.1, 0.15) is 0 Å². The number of morpholine rings is 1. The third-order valence-corrected chi connectivity index (χ3v) is 5.71. The molecule has 2 N–H and O–H groups in total. The van der Waals surface area contributed by atoms with Crippen molar-refractivity contribution in [1.29, 1.82) is 0 Å². The first kappa shape index (κ1) is 22.5. The second-order valence-corrected chi connectivity index (χ2v) is 7.62. The zero-order valence-electron chi connectivity index (χ0n) is 16.9. The molecule has 7 heteroatoms. The van der Waals surface area contributed by atoms with Gasteiger partial charge in [0.05, 0.1) is 19.8 Å². The summed E-state index contributed by atoms with van der Waals surface area (Å²) in [6, 6.07) is 2.13. The minimum atomic E-state index is 0. The van der Waals surface area contributed by atoms with Crippen molar-refractivity contribution in [2.75, 3.05) is 39.4 Å². The van der Waals surface area contributed by atoms with Gasteiger partial charge < -0.3 is 19.9 Å². The maximum absolute atomic E-state index is 5.59. The highest BCUT2D eigenvalue weighted by Crippen LogP contribution is 2.33. The molecule has 1 aliphatic heterocycles. The summed E-state index contributed by atoms with van der Waals surface area (Å²) in [4.78, 5) is 7.47. The summed E-state index contributed by atoms with van der Waals surface area (Å²) in [5.41, 5.74) is 1.50. The molecule has 0 spiro atoms. The Bertz CT molecular complexity index is 577. The van der Waals surface area contributed by atoms with Gasteiger partial charge >= 0.3 is 0 Å². The van der Waals surface area contributed by atoms with Crippen LogP contribution in [0.5, 0.6) is 0 Å². The molecule has 0 radical (unpaired) electrons. The lowest BCUT2D eigenvalue weighted by Gasteiger charge is -2.48. The summed E-state index contributed by atoms with van der Waals surface area (Å²) in [6.07, 6.45) is 10.8. The van der Waals surface area contributed by atoms with E-state index in [9.17, 15) is 0 Å². The van der Waals surface area contributed by atoms with Gasteiger partial charge in [0.25, 0.3) is 0 Å². The van der Waals surface area contributed by atoms with Gasteiger partial charge in [-0.1, -0.05) is 19.3 Å². The van der Waals surface area contributed by atoms with Crippen LogP contribution >= 0.6 is 24.0 Å². The molecule has 1 aromatic rings. The maximum atomic E-state index is 5.59. The minimum absolute atomic E-state index is 0. The molecule has 27 heavy (non-hydrogen) atoms. The fourth-order valence-electron chi connectivity index (χ4n) is 4.27. The Kier molecular flexibility index (Phi) is 9.38.